The Balaban J connectivity index is 2.15. The van der Waals surface area contributed by atoms with Crippen molar-refractivity contribution in [2.24, 2.45) is 5.92 Å². The molecule has 1 saturated heterocycles. The minimum Gasteiger partial charge on any atom is -0.339 e. The van der Waals surface area contributed by atoms with Crippen molar-refractivity contribution in [1.29, 1.82) is 0 Å². The van der Waals surface area contributed by atoms with Crippen molar-refractivity contribution >= 4 is 5.91 Å². The Morgan fingerprint density at radius 1 is 1.26 bits per heavy atom. The van der Waals surface area contributed by atoms with E-state index < -0.39 is 11.7 Å². The molecule has 0 atom stereocenters. The summed E-state index contributed by atoms with van der Waals surface area (Å²) in [6.07, 6.45) is -2.60. The van der Waals surface area contributed by atoms with E-state index in [2.05, 4.69) is 6.92 Å². The van der Waals surface area contributed by atoms with Crippen LogP contribution < -0.4 is 0 Å². The monoisotopic (exact) mass is 271 g/mol. The zero-order valence-electron chi connectivity index (χ0n) is 10.7. The maximum Gasteiger partial charge on any atom is 0.416 e. The highest BCUT2D eigenvalue weighted by atomic mass is 19.4. The van der Waals surface area contributed by atoms with Crippen molar-refractivity contribution in [3.63, 3.8) is 0 Å². The Morgan fingerprint density at radius 3 is 2.47 bits per heavy atom. The topological polar surface area (TPSA) is 20.3 Å². The molecule has 5 heteroatoms. The number of carbonyl (C=O) groups is 1. The number of hydrogen-bond acceptors (Lipinski definition) is 1. The predicted molar refractivity (Wildman–Crippen MR) is 65.7 cm³/mol. The van der Waals surface area contributed by atoms with Gasteiger partial charge in [-0.3, -0.25) is 4.79 Å². The molecule has 19 heavy (non-hydrogen) atoms. The fourth-order valence-electron chi connectivity index (χ4n) is 2.22. The van der Waals surface area contributed by atoms with Gasteiger partial charge in [-0.15, -0.1) is 0 Å². The average Bonchev–Trinajstić information content (AvgIpc) is 2.38. The lowest BCUT2D eigenvalue weighted by Crippen LogP contribution is -2.38. The van der Waals surface area contributed by atoms with Crippen LogP contribution in [0.3, 0.4) is 0 Å². The maximum absolute atomic E-state index is 12.6. The van der Waals surface area contributed by atoms with Crippen LogP contribution >= 0.6 is 0 Å². The molecule has 0 N–H and O–H groups in total. The molecule has 2 nitrogen and oxygen atoms in total. The highest BCUT2D eigenvalue weighted by Gasteiger charge is 2.31. The number of benzene rings is 1. The molecule has 0 saturated carbocycles. The molecule has 0 radical (unpaired) electrons. The number of amides is 1. The smallest absolute Gasteiger partial charge is 0.339 e. The third-order valence-electron chi connectivity index (χ3n) is 3.51. The summed E-state index contributed by atoms with van der Waals surface area (Å²) in [4.78, 5) is 13.8. The van der Waals surface area contributed by atoms with Crippen LogP contribution in [0.4, 0.5) is 13.2 Å². The van der Waals surface area contributed by atoms with Crippen molar-refractivity contribution in [2.75, 3.05) is 13.1 Å². The van der Waals surface area contributed by atoms with Gasteiger partial charge in [0.15, 0.2) is 0 Å². The van der Waals surface area contributed by atoms with E-state index in [0.717, 1.165) is 25.0 Å². The number of likely N-dealkylation sites (tertiary alicyclic amines) is 1. The van der Waals surface area contributed by atoms with Crippen LogP contribution in [0.5, 0.6) is 0 Å². The van der Waals surface area contributed by atoms with Gasteiger partial charge in [0.05, 0.1) is 5.56 Å². The van der Waals surface area contributed by atoms with Crippen molar-refractivity contribution < 1.29 is 18.0 Å². The maximum atomic E-state index is 12.6. The van der Waals surface area contributed by atoms with Crippen LogP contribution in [0, 0.1) is 5.92 Å². The number of nitrogens with zero attached hydrogens (tertiary/aromatic N) is 1. The third kappa shape index (κ3) is 3.28. The van der Waals surface area contributed by atoms with Crippen LogP contribution in [0.2, 0.25) is 0 Å². The highest BCUT2D eigenvalue weighted by molar-refractivity contribution is 5.94. The number of hydrogen-bond donors (Lipinski definition) is 0. The van der Waals surface area contributed by atoms with Gasteiger partial charge in [-0.05, 0) is 37.0 Å². The van der Waals surface area contributed by atoms with E-state index in [9.17, 15) is 18.0 Å². The van der Waals surface area contributed by atoms with Gasteiger partial charge < -0.3 is 4.90 Å². The normalized spacial score (nSPS) is 17.6. The Hall–Kier alpha value is -1.52. The second-order valence-electron chi connectivity index (χ2n) is 5.05. The molecular formula is C14H16F3NO. The Bertz CT molecular complexity index is 462. The molecule has 1 aromatic rings. The second kappa shape index (κ2) is 5.23. The molecular weight excluding hydrogens is 255 g/mol. The Labute approximate surface area is 110 Å². The molecule has 0 spiro atoms. The van der Waals surface area contributed by atoms with E-state index in [1.165, 1.54) is 12.1 Å². The molecule has 1 aliphatic heterocycles. The lowest BCUT2D eigenvalue weighted by Gasteiger charge is -2.30. The van der Waals surface area contributed by atoms with Gasteiger partial charge in [0.2, 0.25) is 0 Å². The van der Waals surface area contributed by atoms with E-state index >= 15 is 0 Å². The molecule has 1 aromatic carbocycles. The molecule has 0 aromatic heterocycles. The van der Waals surface area contributed by atoms with Gasteiger partial charge in [-0.25, -0.2) is 0 Å². The van der Waals surface area contributed by atoms with Crippen LogP contribution in [-0.4, -0.2) is 23.9 Å². The minimum absolute atomic E-state index is 0.115. The van der Waals surface area contributed by atoms with Gasteiger partial charge in [0, 0.05) is 18.7 Å². The van der Waals surface area contributed by atoms with Gasteiger partial charge in [0.25, 0.3) is 5.91 Å². The summed E-state index contributed by atoms with van der Waals surface area (Å²) in [6, 6.07) is 4.63. The molecule has 1 amide bonds. The fourth-order valence-corrected chi connectivity index (χ4v) is 2.22. The van der Waals surface area contributed by atoms with E-state index in [4.69, 9.17) is 0 Å². The zero-order chi connectivity index (χ0) is 14.0. The first-order valence-electron chi connectivity index (χ1n) is 6.34. The number of alkyl halides is 3. The largest absolute Gasteiger partial charge is 0.416 e. The quantitative estimate of drug-likeness (QED) is 0.764. The fraction of sp³-hybridized carbons (Fsp3) is 0.500. The first kappa shape index (κ1) is 13.9. The number of piperidine rings is 1. The Kier molecular flexibility index (Phi) is 3.83. The molecule has 0 unspecified atom stereocenters. The van der Waals surface area contributed by atoms with Gasteiger partial charge in [-0.2, -0.15) is 13.2 Å². The Morgan fingerprint density at radius 2 is 1.89 bits per heavy atom. The van der Waals surface area contributed by atoms with E-state index in [0.29, 0.717) is 19.0 Å². The van der Waals surface area contributed by atoms with Crippen LogP contribution in [0.1, 0.15) is 35.7 Å². The van der Waals surface area contributed by atoms with E-state index in [1.807, 2.05) is 0 Å². The summed E-state index contributed by atoms with van der Waals surface area (Å²) in [5, 5.41) is 0. The van der Waals surface area contributed by atoms with Crippen molar-refractivity contribution in [1.82, 2.24) is 4.90 Å². The lowest BCUT2D eigenvalue weighted by atomic mass is 9.98. The van der Waals surface area contributed by atoms with Crippen LogP contribution in [0.15, 0.2) is 24.3 Å². The number of carbonyl (C=O) groups excluding carboxylic acids is 1. The summed E-state index contributed by atoms with van der Waals surface area (Å²) in [5.41, 5.74) is -0.659. The zero-order valence-corrected chi connectivity index (χ0v) is 10.7. The first-order chi connectivity index (χ1) is 8.88. The van der Waals surface area contributed by atoms with Crippen molar-refractivity contribution in [3.05, 3.63) is 35.4 Å². The van der Waals surface area contributed by atoms with Crippen LogP contribution in [-0.2, 0) is 6.18 Å². The summed E-state index contributed by atoms with van der Waals surface area (Å²) < 4.78 is 37.8. The lowest BCUT2D eigenvalue weighted by molar-refractivity contribution is -0.137. The van der Waals surface area contributed by atoms with E-state index in [1.54, 1.807) is 4.90 Å². The number of halogens is 3. The summed E-state index contributed by atoms with van der Waals surface area (Å²) in [5.74, 6) is 0.267. The van der Waals surface area contributed by atoms with Gasteiger partial charge >= 0.3 is 6.18 Å². The van der Waals surface area contributed by atoms with Crippen molar-refractivity contribution in [2.45, 2.75) is 25.9 Å². The second-order valence-corrected chi connectivity index (χ2v) is 5.05. The SMILES string of the molecule is CC1CCN(C(=O)c2cccc(C(F)(F)F)c2)CC1. The molecule has 0 aliphatic carbocycles. The molecule has 104 valence electrons. The molecule has 2 rings (SSSR count). The molecule has 1 fully saturated rings. The van der Waals surface area contributed by atoms with Crippen molar-refractivity contribution in [3.8, 4) is 0 Å². The van der Waals surface area contributed by atoms with Gasteiger partial charge in [0.1, 0.15) is 0 Å². The third-order valence-corrected chi connectivity index (χ3v) is 3.51. The summed E-state index contributed by atoms with van der Waals surface area (Å²) >= 11 is 0. The van der Waals surface area contributed by atoms with E-state index in [-0.39, 0.29) is 11.5 Å². The molecule has 0 bridgehead atoms. The number of rotatable bonds is 1. The minimum atomic E-state index is -4.41. The predicted octanol–water partition coefficient (Wildman–Crippen LogP) is 3.58. The first-order valence-corrected chi connectivity index (χ1v) is 6.34. The van der Waals surface area contributed by atoms with Gasteiger partial charge in [-0.1, -0.05) is 13.0 Å². The highest BCUT2D eigenvalue weighted by Crippen LogP contribution is 2.30. The summed E-state index contributed by atoms with van der Waals surface area (Å²) in [6.45, 7) is 3.36. The summed E-state index contributed by atoms with van der Waals surface area (Å²) in [7, 11) is 0. The standard InChI is InChI=1S/C14H16F3NO/c1-10-5-7-18(8-6-10)13(19)11-3-2-4-12(9-11)14(15,16)17/h2-4,9-10H,5-8H2,1H3. The molecule has 1 heterocycles. The molecule has 1 aliphatic rings. The average molecular weight is 271 g/mol. The van der Waals surface area contributed by atoms with Crippen LogP contribution in [0.25, 0.3) is 0 Å².